The van der Waals surface area contributed by atoms with Crippen LogP contribution in [0.3, 0.4) is 0 Å². The lowest BCUT2D eigenvalue weighted by molar-refractivity contribution is 0.155. The smallest absolute Gasteiger partial charge is 0.339 e. The van der Waals surface area contributed by atoms with Crippen molar-refractivity contribution in [3.05, 3.63) is 71.7 Å². The first-order valence-electron chi connectivity index (χ1n) is 17.2. The molecule has 4 heterocycles. The summed E-state index contributed by atoms with van der Waals surface area (Å²) in [4.78, 5) is 36.1. The highest BCUT2D eigenvalue weighted by atomic mass is 31.3. The van der Waals surface area contributed by atoms with Crippen LogP contribution in [0.4, 0.5) is 0 Å². The molecule has 2 saturated heterocycles. The van der Waals surface area contributed by atoms with Crippen molar-refractivity contribution in [3.8, 4) is 23.0 Å². The quantitative estimate of drug-likeness (QED) is 0.172. The summed E-state index contributed by atoms with van der Waals surface area (Å²) in [6, 6.07) is 17.7. The maximum atomic E-state index is 13.1. The molecule has 13 heteroatoms. The summed E-state index contributed by atoms with van der Waals surface area (Å²) in [7, 11) is 3.17. The van der Waals surface area contributed by atoms with Crippen molar-refractivity contribution < 1.29 is 23.7 Å². The molecule has 2 aliphatic heterocycles. The maximum Gasteiger partial charge on any atom is 0.339 e. The van der Waals surface area contributed by atoms with Crippen LogP contribution < -0.4 is 9.47 Å². The predicted octanol–water partition coefficient (Wildman–Crippen LogP) is 7.14. The van der Waals surface area contributed by atoms with E-state index in [0.29, 0.717) is 62.3 Å². The van der Waals surface area contributed by atoms with Crippen molar-refractivity contribution in [1.29, 1.82) is 0 Å². The van der Waals surface area contributed by atoms with Gasteiger partial charge in [-0.25, -0.2) is 19.8 Å². The Hall–Kier alpha value is -2.72. The minimum atomic E-state index is -3.20. The van der Waals surface area contributed by atoms with Crippen molar-refractivity contribution in [2.45, 2.75) is 46.4 Å². The zero-order valence-corrected chi connectivity index (χ0v) is 33.0. The Morgan fingerprint density at radius 2 is 1.38 bits per heavy atom. The molecule has 2 N–H and O–H groups in total. The van der Waals surface area contributed by atoms with Gasteiger partial charge in [0.15, 0.2) is 5.69 Å². The summed E-state index contributed by atoms with van der Waals surface area (Å²) in [5, 5.41) is 0.133. The van der Waals surface area contributed by atoms with Gasteiger partial charge in [-0.1, -0.05) is 45.9 Å². The largest absolute Gasteiger partial charge is 0.494 e. The van der Waals surface area contributed by atoms with Crippen LogP contribution >= 0.6 is 15.6 Å². The molecule has 50 heavy (non-hydrogen) atoms. The van der Waals surface area contributed by atoms with Gasteiger partial charge in [-0.15, -0.1) is 18.7 Å². The van der Waals surface area contributed by atoms with Crippen LogP contribution in [-0.2, 0) is 6.42 Å². The summed E-state index contributed by atoms with van der Waals surface area (Å²) >= 11 is 0. The van der Waals surface area contributed by atoms with Crippen LogP contribution in [0.5, 0.6) is 11.5 Å². The van der Waals surface area contributed by atoms with Gasteiger partial charge >= 0.3 is 21.0 Å². The first kappa shape index (κ1) is 37.1. The summed E-state index contributed by atoms with van der Waals surface area (Å²) in [5.41, 5.74) is 3.05. The average molecular weight is 725 g/mol. The molecule has 4 aromatic rings. The molecule has 2 aliphatic rings. The number of nitrogens with zero attached hydrogens (tertiary/aromatic N) is 6. The summed E-state index contributed by atoms with van der Waals surface area (Å²) in [6.45, 7) is 14.0. The van der Waals surface area contributed by atoms with Crippen LogP contribution in [0.25, 0.3) is 22.4 Å². The van der Waals surface area contributed by atoms with E-state index in [1.165, 1.54) is 0 Å². The number of aromatic nitrogens is 2. The van der Waals surface area contributed by atoms with Gasteiger partial charge in [0.2, 0.25) is 5.89 Å². The van der Waals surface area contributed by atoms with E-state index in [2.05, 4.69) is 46.4 Å². The molecule has 2 aromatic carbocycles. The molecule has 270 valence electrons. The molecule has 6 rings (SSSR count). The van der Waals surface area contributed by atoms with E-state index in [4.69, 9.17) is 23.9 Å². The third-order valence-corrected chi connectivity index (χ3v) is 18.3. The molecule has 0 radical (unpaired) electrons. The normalized spacial score (nSPS) is 21.1. The summed E-state index contributed by atoms with van der Waals surface area (Å²) < 4.78 is 26.6. The van der Waals surface area contributed by atoms with Crippen molar-refractivity contribution >= 4 is 26.5 Å². The van der Waals surface area contributed by atoms with E-state index >= 15 is 0 Å². The average Bonchev–Trinajstić information content (AvgIpc) is 3.42. The second kappa shape index (κ2) is 13.7. The fourth-order valence-corrected chi connectivity index (χ4v) is 17.7. The van der Waals surface area contributed by atoms with Gasteiger partial charge in [0.05, 0.1) is 24.9 Å². The van der Waals surface area contributed by atoms with E-state index in [9.17, 15) is 9.79 Å². The zero-order valence-electron chi connectivity index (χ0n) is 31.2. The van der Waals surface area contributed by atoms with Crippen LogP contribution in [0, 0.1) is 17.8 Å². The van der Waals surface area contributed by atoms with Crippen LogP contribution in [0.1, 0.15) is 50.2 Å². The molecule has 0 aliphatic carbocycles. The predicted molar refractivity (Wildman–Crippen MR) is 203 cm³/mol. The number of rotatable bonds is 9. The van der Waals surface area contributed by atoms with E-state index in [1.807, 2.05) is 89.7 Å². The van der Waals surface area contributed by atoms with Gasteiger partial charge in [-0.2, -0.15) is 0 Å². The first-order chi connectivity index (χ1) is 23.5. The summed E-state index contributed by atoms with van der Waals surface area (Å²) in [5.74, 6) is 2.63. The third kappa shape index (κ3) is 6.80. The molecular formula is C37H54N6O5P2+2. The zero-order chi connectivity index (χ0) is 36.2. The van der Waals surface area contributed by atoms with Gasteiger partial charge in [-0.3, -0.25) is 0 Å². The molecule has 0 saturated carbocycles. The van der Waals surface area contributed by atoms with E-state index in [0.717, 1.165) is 27.9 Å². The minimum Gasteiger partial charge on any atom is -0.494 e. The molecule has 11 nitrogen and oxygen atoms in total. The number of oxazole rings is 1. The highest BCUT2D eigenvalue weighted by molar-refractivity contribution is 7.83. The SMILES string of the molecule is COc1cc2cc(OCCc3nc(-c4ccccc4)oc3C)ccc2nc1C([P+]1(O)N(C)CC(C)(C)CN1C)[P+]1(O)N(C)CC(C)(C)CN1C. The molecule has 0 unspecified atom stereocenters. The van der Waals surface area contributed by atoms with Crippen molar-refractivity contribution in [1.82, 2.24) is 28.6 Å². The topological polar surface area (TPSA) is 111 Å². The van der Waals surface area contributed by atoms with Gasteiger partial charge in [0.25, 0.3) is 0 Å². The number of methoxy groups -OCH3 is 1. The molecule has 0 bridgehead atoms. The summed E-state index contributed by atoms with van der Waals surface area (Å²) in [6.07, 6.45) is 0.600. The Morgan fingerprint density at radius 1 is 0.820 bits per heavy atom. The Bertz CT molecular complexity index is 1770. The van der Waals surface area contributed by atoms with Crippen LogP contribution in [0.15, 0.2) is 59.0 Å². The molecule has 0 spiro atoms. The van der Waals surface area contributed by atoms with Gasteiger partial charge in [-0.05, 0) is 54.2 Å². The first-order valence-corrected chi connectivity index (χ1v) is 20.6. The number of benzene rings is 2. The Labute approximate surface area is 298 Å². The van der Waals surface area contributed by atoms with Crippen molar-refractivity contribution in [3.63, 3.8) is 0 Å². The standard InChI is InChI=1S/C37H54N6O5P2/c1-26-30(39-34(48-26)27-14-12-11-13-15-27)18-19-47-29-16-17-31-28(20-29)21-32(46-10)33(38-31)35(49(44)40(6)22-36(2,3)23-41(49)7)50(45)42(8)24-37(4,5)25-43(50)9/h11-17,20-21,35,44-45H,18-19,22-25H2,1-10H3/q+2. The second-order valence-electron chi connectivity index (χ2n) is 15.6. The highest BCUT2D eigenvalue weighted by Crippen LogP contribution is 2.89. The highest BCUT2D eigenvalue weighted by Gasteiger charge is 2.77. The van der Waals surface area contributed by atoms with E-state index < -0.39 is 21.0 Å². The van der Waals surface area contributed by atoms with Gasteiger partial charge in [0, 0.05) is 71.7 Å². The number of fused-ring (bicyclic) bond motifs is 1. The molecule has 0 amide bonds. The molecule has 2 aromatic heterocycles. The second-order valence-corrected chi connectivity index (χ2v) is 22.2. The number of hydrogen-bond donors (Lipinski definition) is 2. The Kier molecular flexibility index (Phi) is 10.1. The minimum absolute atomic E-state index is 0.0401. The number of aryl methyl sites for hydroxylation is 1. The monoisotopic (exact) mass is 724 g/mol. The molecule has 0 atom stereocenters. The lowest BCUT2D eigenvalue weighted by Gasteiger charge is -2.52. The number of pyridine rings is 1. The van der Waals surface area contributed by atoms with Crippen molar-refractivity contribution in [2.75, 3.05) is 68.1 Å². The van der Waals surface area contributed by atoms with Crippen LogP contribution in [-0.4, -0.2) is 107 Å². The maximum absolute atomic E-state index is 13.1. The third-order valence-electron chi connectivity index (χ3n) is 10.1. The molecular weight excluding hydrogens is 670 g/mol. The fraction of sp³-hybridized carbons (Fsp3) is 0.514. The lowest BCUT2D eigenvalue weighted by Crippen LogP contribution is -2.54. The Balaban J connectivity index is 1.34. The number of hydrogen-bond acceptors (Lipinski definition) is 11. The van der Waals surface area contributed by atoms with Gasteiger partial charge < -0.3 is 13.9 Å². The lowest BCUT2D eigenvalue weighted by atomic mass is 9.93. The van der Waals surface area contributed by atoms with Crippen LogP contribution in [0.2, 0.25) is 0 Å². The van der Waals surface area contributed by atoms with E-state index in [-0.39, 0.29) is 10.8 Å². The number of ether oxygens (including phenoxy) is 2. The van der Waals surface area contributed by atoms with E-state index in [1.54, 1.807) is 7.11 Å². The Morgan fingerprint density at radius 3 is 1.92 bits per heavy atom. The van der Waals surface area contributed by atoms with Gasteiger partial charge in [0.1, 0.15) is 17.3 Å². The van der Waals surface area contributed by atoms with Crippen molar-refractivity contribution in [2.24, 2.45) is 10.8 Å². The fourth-order valence-electron chi connectivity index (χ4n) is 8.02. The molecule has 2 fully saturated rings.